The predicted octanol–water partition coefficient (Wildman–Crippen LogP) is 2.04. The molecule has 0 radical (unpaired) electrons. The Labute approximate surface area is 90.3 Å². The minimum Gasteiger partial charge on any atom is -0.331 e. The topological polar surface area (TPSA) is 67.6 Å². The molecule has 2 aliphatic rings. The van der Waals surface area contributed by atoms with Crippen molar-refractivity contribution in [2.24, 2.45) is 5.73 Å². The highest BCUT2D eigenvalue weighted by atomic mass is 14.9. The number of aromatic amines is 1. The van der Waals surface area contributed by atoms with E-state index in [-0.39, 0.29) is 0 Å². The van der Waals surface area contributed by atoms with Gasteiger partial charge in [-0.25, -0.2) is 9.97 Å². The number of nitrogens with one attached hydrogen (secondary N) is 1. The second-order valence-electron chi connectivity index (χ2n) is 3.30. The Morgan fingerprint density at radius 3 is 2.87 bits per heavy atom. The van der Waals surface area contributed by atoms with E-state index in [1.165, 1.54) is 19.3 Å². The van der Waals surface area contributed by atoms with E-state index in [4.69, 9.17) is 5.73 Å². The van der Waals surface area contributed by atoms with Crippen molar-refractivity contribution in [2.45, 2.75) is 26.2 Å². The first-order chi connectivity index (χ1) is 7.38. The average molecular weight is 206 g/mol. The van der Waals surface area contributed by atoms with Crippen LogP contribution in [0, 0.1) is 0 Å². The Bertz CT molecular complexity index is 300. The molecule has 0 aromatic carbocycles. The molecule has 15 heavy (non-hydrogen) atoms. The van der Waals surface area contributed by atoms with Crippen LogP contribution in [0.15, 0.2) is 24.8 Å². The summed E-state index contributed by atoms with van der Waals surface area (Å²) >= 11 is 0. The van der Waals surface area contributed by atoms with Gasteiger partial charge in [0.2, 0.25) is 0 Å². The molecular formula is C11H18N4. The number of H-pyrrole nitrogens is 1. The Morgan fingerprint density at radius 2 is 2.27 bits per heavy atom. The summed E-state index contributed by atoms with van der Waals surface area (Å²) in [6.45, 7) is 3.03. The number of rotatable bonds is 3. The van der Waals surface area contributed by atoms with Gasteiger partial charge in [-0.3, -0.25) is 0 Å². The molecule has 0 aromatic heterocycles. The van der Waals surface area contributed by atoms with Gasteiger partial charge in [0.25, 0.3) is 0 Å². The number of fused-ring (bicyclic) bond motifs is 1. The van der Waals surface area contributed by atoms with Crippen molar-refractivity contribution in [3.05, 3.63) is 24.8 Å². The Kier molecular flexibility index (Phi) is 5.40. The van der Waals surface area contributed by atoms with Gasteiger partial charge in [-0.1, -0.05) is 19.8 Å². The third-order valence-electron chi connectivity index (χ3n) is 2.03. The van der Waals surface area contributed by atoms with Crippen LogP contribution in [0.3, 0.4) is 0 Å². The van der Waals surface area contributed by atoms with E-state index in [1.54, 1.807) is 18.7 Å². The Hall–Kier alpha value is -1.42. The molecule has 0 saturated carbocycles. The number of nitrogens with two attached hydrogens (primary N) is 1. The van der Waals surface area contributed by atoms with Gasteiger partial charge >= 0.3 is 0 Å². The fraction of sp³-hybridized carbons (Fsp3) is 0.455. The molecule has 0 aliphatic carbocycles. The Balaban J connectivity index is 0.000000167. The van der Waals surface area contributed by atoms with Gasteiger partial charge < -0.3 is 10.7 Å². The number of unbranched alkanes of at least 4 members (excludes halogenated alkanes) is 2. The minimum absolute atomic E-state index is 0.855. The summed E-state index contributed by atoms with van der Waals surface area (Å²) in [5.74, 6) is 0.894. The fourth-order valence-corrected chi connectivity index (χ4v) is 1.18. The summed E-state index contributed by atoms with van der Waals surface area (Å²) in [6.07, 6.45) is 8.90. The summed E-state index contributed by atoms with van der Waals surface area (Å²) in [4.78, 5) is 10.8. The third-order valence-corrected chi connectivity index (χ3v) is 2.03. The first-order valence-corrected chi connectivity index (χ1v) is 5.31. The fourth-order valence-electron chi connectivity index (χ4n) is 1.18. The minimum atomic E-state index is 0.855. The van der Waals surface area contributed by atoms with Crippen LogP contribution in [0.5, 0.6) is 0 Å². The predicted molar refractivity (Wildman–Crippen MR) is 61.6 cm³/mol. The van der Waals surface area contributed by atoms with Crippen molar-refractivity contribution in [1.29, 1.82) is 0 Å². The van der Waals surface area contributed by atoms with E-state index in [1.807, 2.05) is 6.07 Å². The summed E-state index contributed by atoms with van der Waals surface area (Å²) in [5.41, 5.74) is 6.27. The Morgan fingerprint density at radius 1 is 1.40 bits per heavy atom. The second-order valence-corrected chi connectivity index (χ2v) is 3.30. The first kappa shape index (κ1) is 11.7. The molecule has 0 aromatic rings. The molecule has 0 spiro atoms. The molecule has 0 bridgehead atoms. The summed E-state index contributed by atoms with van der Waals surface area (Å²) in [7, 11) is 0. The van der Waals surface area contributed by atoms with Gasteiger partial charge in [-0.2, -0.15) is 0 Å². The van der Waals surface area contributed by atoms with E-state index < -0.39 is 0 Å². The maximum absolute atomic E-state index is 5.21. The molecule has 82 valence electrons. The van der Waals surface area contributed by atoms with Gasteiger partial charge in [0, 0.05) is 18.0 Å². The number of hydrogen-bond acceptors (Lipinski definition) is 3. The van der Waals surface area contributed by atoms with Crippen molar-refractivity contribution in [3.8, 4) is 11.4 Å². The normalized spacial score (nSPS) is 9.73. The highest BCUT2D eigenvalue weighted by molar-refractivity contribution is 5.54. The maximum atomic E-state index is 5.21. The van der Waals surface area contributed by atoms with Crippen LogP contribution in [0.4, 0.5) is 0 Å². The standard InChI is InChI=1S/C6H5N3.C5H13N/c1-2-8-6-5(1)3-7-4-9-6;1-2-3-4-5-6/h1-4H,(H,7,8,9);2-6H2,1H3. The summed E-state index contributed by atoms with van der Waals surface area (Å²) < 4.78 is 0. The number of aromatic nitrogens is 3. The molecule has 0 atom stereocenters. The molecule has 2 rings (SSSR count). The molecule has 2 heterocycles. The van der Waals surface area contributed by atoms with Gasteiger partial charge in [-0.15, -0.1) is 0 Å². The van der Waals surface area contributed by atoms with Crippen LogP contribution >= 0.6 is 0 Å². The first-order valence-electron chi connectivity index (χ1n) is 5.31. The molecule has 0 unspecified atom stereocenters. The van der Waals surface area contributed by atoms with Crippen molar-refractivity contribution in [3.63, 3.8) is 0 Å². The lowest BCUT2D eigenvalue weighted by atomic mass is 10.3. The maximum Gasteiger partial charge on any atom is 0.139 e. The van der Waals surface area contributed by atoms with Gasteiger partial charge in [-0.05, 0) is 19.0 Å². The average Bonchev–Trinajstić information content (AvgIpc) is 2.75. The van der Waals surface area contributed by atoms with Crippen LogP contribution in [-0.2, 0) is 0 Å². The van der Waals surface area contributed by atoms with E-state index in [0.29, 0.717) is 0 Å². The summed E-state index contributed by atoms with van der Waals surface area (Å²) in [6, 6.07) is 1.92. The van der Waals surface area contributed by atoms with Crippen LogP contribution in [0.1, 0.15) is 26.2 Å². The lowest BCUT2D eigenvalue weighted by Gasteiger charge is -1.91. The van der Waals surface area contributed by atoms with E-state index in [0.717, 1.165) is 17.9 Å². The molecule has 0 saturated heterocycles. The van der Waals surface area contributed by atoms with Gasteiger partial charge in [0.15, 0.2) is 0 Å². The quantitative estimate of drug-likeness (QED) is 0.755. The van der Waals surface area contributed by atoms with E-state index in [2.05, 4.69) is 21.9 Å². The molecule has 3 N–H and O–H groups in total. The highest BCUT2D eigenvalue weighted by Gasteiger charge is 1.98. The SMILES string of the molecule is CCCCCN.c1cc2cnc[nH]c-2n1. The second kappa shape index (κ2) is 6.95. The zero-order valence-corrected chi connectivity index (χ0v) is 9.11. The van der Waals surface area contributed by atoms with Crippen LogP contribution in [-0.4, -0.2) is 21.5 Å². The highest BCUT2D eigenvalue weighted by Crippen LogP contribution is 2.12. The third kappa shape index (κ3) is 4.08. The van der Waals surface area contributed by atoms with Gasteiger partial charge in [0.1, 0.15) is 5.82 Å². The zero-order valence-electron chi connectivity index (χ0n) is 9.11. The van der Waals surface area contributed by atoms with Crippen LogP contribution in [0.2, 0.25) is 0 Å². The molecule has 2 aliphatic heterocycles. The van der Waals surface area contributed by atoms with Gasteiger partial charge in [0.05, 0.1) is 6.33 Å². The lowest BCUT2D eigenvalue weighted by Crippen LogP contribution is -1.96. The summed E-state index contributed by atoms with van der Waals surface area (Å²) in [5, 5.41) is 0. The van der Waals surface area contributed by atoms with Crippen LogP contribution in [0.25, 0.3) is 11.4 Å². The number of hydrogen-bond donors (Lipinski definition) is 2. The molecule has 4 nitrogen and oxygen atoms in total. The lowest BCUT2D eigenvalue weighted by molar-refractivity contribution is 0.727. The smallest absolute Gasteiger partial charge is 0.139 e. The molecule has 0 fully saturated rings. The monoisotopic (exact) mass is 206 g/mol. The van der Waals surface area contributed by atoms with E-state index >= 15 is 0 Å². The van der Waals surface area contributed by atoms with Crippen molar-refractivity contribution >= 4 is 0 Å². The number of nitrogens with zero attached hydrogens (tertiary/aromatic N) is 2. The van der Waals surface area contributed by atoms with Crippen molar-refractivity contribution in [1.82, 2.24) is 15.0 Å². The zero-order chi connectivity index (χ0) is 10.9. The van der Waals surface area contributed by atoms with Crippen LogP contribution < -0.4 is 5.73 Å². The largest absolute Gasteiger partial charge is 0.331 e. The van der Waals surface area contributed by atoms with Crippen molar-refractivity contribution < 1.29 is 0 Å². The van der Waals surface area contributed by atoms with Crippen molar-refractivity contribution in [2.75, 3.05) is 6.54 Å². The molecular weight excluding hydrogens is 188 g/mol. The van der Waals surface area contributed by atoms with E-state index in [9.17, 15) is 0 Å². The molecule has 4 heteroatoms. The molecule has 0 amide bonds.